The molecule has 2 N–H and O–H groups in total. The fourth-order valence-electron chi connectivity index (χ4n) is 3.17. The molecule has 2 atom stereocenters. The van der Waals surface area contributed by atoms with Gasteiger partial charge in [-0.15, -0.1) is 0 Å². The van der Waals surface area contributed by atoms with Crippen molar-refractivity contribution < 1.29 is 4.79 Å². The molecule has 0 aromatic heterocycles. The van der Waals surface area contributed by atoms with Crippen LogP contribution in [0.4, 0.5) is 0 Å². The number of amides is 1. The summed E-state index contributed by atoms with van der Waals surface area (Å²) in [7, 11) is 1.88. The van der Waals surface area contributed by atoms with Gasteiger partial charge < -0.3 is 15.5 Å². The van der Waals surface area contributed by atoms with Crippen molar-refractivity contribution in [1.29, 1.82) is 0 Å². The number of hydrogen-bond donors (Lipinski definition) is 2. The smallest absolute Gasteiger partial charge is 0.240 e. The fourth-order valence-corrected chi connectivity index (χ4v) is 3.17. The maximum Gasteiger partial charge on any atom is 0.240 e. The maximum absolute atomic E-state index is 13.0. The zero-order chi connectivity index (χ0) is 15.9. The van der Waals surface area contributed by atoms with Crippen molar-refractivity contribution in [2.45, 2.75) is 38.8 Å². The number of nitrogens with one attached hydrogen (secondary N) is 2. The molecule has 4 heteroatoms. The van der Waals surface area contributed by atoms with E-state index in [1.807, 2.05) is 25.2 Å². The Morgan fingerprint density at radius 3 is 2.73 bits per heavy atom. The topological polar surface area (TPSA) is 44.4 Å². The molecule has 1 aromatic rings. The Morgan fingerprint density at radius 2 is 2.09 bits per heavy atom. The summed E-state index contributed by atoms with van der Waals surface area (Å²) in [5.74, 6) is 0.834. The van der Waals surface area contributed by atoms with Gasteiger partial charge >= 0.3 is 0 Å². The molecule has 0 unspecified atom stereocenters. The van der Waals surface area contributed by atoms with E-state index in [0.717, 1.165) is 32.5 Å². The number of carbonyl (C=O) groups excluding carboxylic acids is 1. The van der Waals surface area contributed by atoms with E-state index < -0.39 is 0 Å². The van der Waals surface area contributed by atoms with Gasteiger partial charge in [-0.25, -0.2) is 0 Å². The molecule has 22 heavy (non-hydrogen) atoms. The van der Waals surface area contributed by atoms with Crippen LogP contribution in [-0.4, -0.2) is 49.6 Å². The highest BCUT2D eigenvalue weighted by Crippen LogP contribution is 2.16. The summed E-state index contributed by atoms with van der Waals surface area (Å²) in [4.78, 5) is 15.0. The van der Waals surface area contributed by atoms with E-state index >= 15 is 0 Å². The maximum atomic E-state index is 13.0. The van der Waals surface area contributed by atoms with Crippen molar-refractivity contribution in [3.8, 4) is 0 Å². The summed E-state index contributed by atoms with van der Waals surface area (Å²) in [6, 6.07) is 10.4. The second-order valence-corrected chi connectivity index (χ2v) is 6.55. The molecular weight excluding hydrogens is 274 g/mol. The quantitative estimate of drug-likeness (QED) is 0.840. The van der Waals surface area contributed by atoms with Gasteiger partial charge in [0.15, 0.2) is 0 Å². The number of carbonyl (C=O) groups is 1. The van der Waals surface area contributed by atoms with Crippen LogP contribution in [0.1, 0.15) is 25.8 Å². The fraction of sp³-hybridized carbons (Fsp3) is 0.611. The predicted molar refractivity (Wildman–Crippen MR) is 90.8 cm³/mol. The van der Waals surface area contributed by atoms with Crippen LogP contribution in [0.15, 0.2) is 30.3 Å². The third kappa shape index (κ3) is 4.55. The summed E-state index contributed by atoms with van der Waals surface area (Å²) in [5.41, 5.74) is 1.20. The lowest BCUT2D eigenvalue weighted by Crippen LogP contribution is -2.58. The van der Waals surface area contributed by atoms with Gasteiger partial charge in [-0.2, -0.15) is 0 Å². The Kier molecular flexibility index (Phi) is 6.40. The van der Waals surface area contributed by atoms with Crippen molar-refractivity contribution in [1.82, 2.24) is 15.5 Å². The molecule has 122 valence electrons. The summed E-state index contributed by atoms with van der Waals surface area (Å²) in [6.07, 6.45) is 1.80. The molecule has 0 saturated carbocycles. The molecule has 1 aliphatic heterocycles. The van der Waals surface area contributed by atoms with Crippen molar-refractivity contribution in [3.63, 3.8) is 0 Å². The van der Waals surface area contributed by atoms with Crippen LogP contribution in [0.25, 0.3) is 0 Å². The normalized spacial score (nSPS) is 20.2. The molecule has 1 fully saturated rings. The van der Waals surface area contributed by atoms with Crippen LogP contribution in [0.5, 0.6) is 0 Å². The average Bonchev–Trinajstić information content (AvgIpc) is 2.53. The minimum Gasteiger partial charge on any atom is -0.336 e. The molecule has 0 bridgehead atoms. The van der Waals surface area contributed by atoms with Crippen LogP contribution < -0.4 is 10.6 Å². The Balaban J connectivity index is 2.05. The van der Waals surface area contributed by atoms with E-state index in [0.29, 0.717) is 12.0 Å². The van der Waals surface area contributed by atoms with E-state index in [2.05, 4.69) is 41.5 Å². The van der Waals surface area contributed by atoms with E-state index in [1.165, 1.54) is 5.56 Å². The van der Waals surface area contributed by atoms with Gasteiger partial charge in [-0.1, -0.05) is 44.2 Å². The van der Waals surface area contributed by atoms with Crippen LogP contribution in [0.2, 0.25) is 0 Å². The first-order chi connectivity index (χ1) is 10.6. The van der Waals surface area contributed by atoms with Crippen molar-refractivity contribution in [3.05, 3.63) is 35.9 Å². The molecule has 0 radical (unpaired) electrons. The molecule has 1 amide bonds. The van der Waals surface area contributed by atoms with Crippen LogP contribution >= 0.6 is 0 Å². The minimum absolute atomic E-state index is 0.143. The van der Waals surface area contributed by atoms with Crippen LogP contribution in [0, 0.1) is 5.92 Å². The zero-order valence-corrected chi connectivity index (χ0v) is 14.0. The Hall–Kier alpha value is -1.39. The minimum atomic E-state index is -0.143. The number of likely N-dealkylation sites (N-methyl/N-ethyl adjacent to an activating group) is 1. The molecule has 1 aromatic carbocycles. The highest BCUT2D eigenvalue weighted by molar-refractivity contribution is 5.82. The van der Waals surface area contributed by atoms with E-state index in [-0.39, 0.29) is 11.9 Å². The number of piperazine rings is 1. The first kappa shape index (κ1) is 17.0. The van der Waals surface area contributed by atoms with Crippen LogP contribution in [-0.2, 0) is 11.2 Å². The highest BCUT2D eigenvalue weighted by Gasteiger charge is 2.31. The summed E-state index contributed by atoms with van der Waals surface area (Å²) in [5, 5.41) is 6.63. The molecular formula is C18H29N3O. The molecule has 0 aliphatic carbocycles. The number of rotatable bonds is 6. The van der Waals surface area contributed by atoms with Gasteiger partial charge in [-0.3, -0.25) is 4.79 Å². The predicted octanol–water partition coefficient (Wildman–Crippen LogP) is 1.66. The van der Waals surface area contributed by atoms with E-state index in [1.54, 1.807) is 0 Å². The second-order valence-electron chi connectivity index (χ2n) is 6.55. The van der Waals surface area contributed by atoms with E-state index in [4.69, 9.17) is 0 Å². The standard InChI is InChI=1S/C18H29N3O/c1-14(2)11-16-13-20-9-10-21(16)18(22)17(19-3)12-15-7-5-4-6-8-15/h4-8,14,16-17,19-20H,9-13H2,1-3H3/t16-,17-/m0/s1. The third-order valence-corrected chi connectivity index (χ3v) is 4.31. The lowest BCUT2D eigenvalue weighted by molar-refractivity contribution is -0.136. The SMILES string of the molecule is CN[C@@H](Cc1ccccc1)C(=O)N1CCNC[C@@H]1CC(C)C. The second kappa shape index (κ2) is 8.30. The number of benzene rings is 1. The number of hydrogen-bond acceptors (Lipinski definition) is 3. The Labute approximate surface area is 134 Å². The highest BCUT2D eigenvalue weighted by atomic mass is 16.2. The molecule has 1 saturated heterocycles. The summed E-state index contributed by atoms with van der Waals surface area (Å²) in [6.45, 7) is 7.05. The van der Waals surface area contributed by atoms with Gasteiger partial charge in [0.2, 0.25) is 5.91 Å². The zero-order valence-electron chi connectivity index (χ0n) is 14.0. The Bertz CT molecular complexity index is 461. The van der Waals surface area contributed by atoms with Crippen molar-refractivity contribution in [2.75, 3.05) is 26.7 Å². The lowest BCUT2D eigenvalue weighted by atomic mass is 9.98. The van der Waals surface area contributed by atoms with E-state index in [9.17, 15) is 4.79 Å². The first-order valence-electron chi connectivity index (χ1n) is 8.34. The van der Waals surface area contributed by atoms with Crippen molar-refractivity contribution in [2.24, 2.45) is 5.92 Å². The summed E-state index contributed by atoms with van der Waals surface area (Å²) >= 11 is 0. The molecule has 4 nitrogen and oxygen atoms in total. The summed E-state index contributed by atoms with van der Waals surface area (Å²) < 4.78 is 0. The first-order valence-corrected chi connectivity index (χ1v) is 8.34. The molecule has 1 heterocycles. The van der Waals surface area contributed by atoms with Gasteiger partial charge in [0.25, 0.3) is 0 Å². The van der Waals surface area contributed by atoms with Gasteiger partial charge in [-0.05, 0) is 31.4 Å². The molecule has 1 aliphatic rings. The lowest BCUT2D eigenvalue weighted by Gasteiger charge is -2.39. The average molecular weight is 303 g/mol. The largest absolute Gasteiger partial charge is 0.336 e. The molecule has 2 rings (SSSR count). The van der Waals surface area contributed by atoms with Gasteiger partial charge in [0.05, 0.1) is 6.04 Å². The van der Waals surface area contributed by atoms with Crippen molar-refractivity contribution >= 4 is 5.91 Å². The van der Waals surface area contributed by atoms with Gasteiger partial charge in [0, 0.05) is 25.7 Å². The van der Waals surface area contributed by atoms with Crippen LogP contribution in [0.3, 0.4) is 0 Å². The third-order valence-electron chi connectivity index (χ3n) is 4.31. The number of nitrogens with zero attached hydrogens (tertiary/aromatic N) is 1. The Morgan fingerprint density at radius 1 is 1.36 bits per heavy atom. The van der Waals surface area contributed by atoms with Gasteiger partial charge in [0.1, 0.15) is 0 Å². The monoisotopic (exact) mass is 303 g/mol. The molecule has 0 spiro atoms.